The first-order valence-electron chi connectivity index (χ1n) is 11.7. The summed E-state index contributed by atoms with van der Waals surface area (Å²) in [7, 11) is 0. The van der Waals surface area contributed by atoms with Crippen molar-refractivity contribution in [3.05, 3.63) is 82.2 Å². The third-order valence-corrected chi connectivity index (χ3v) is 7.71. The molecular formula is C27H26Cl2FN3OS. The van der Waals surface area contributed by atoms with Gasteiger partial charge in [0.15, 0.2) is 0 Å². The maximum absolute atomic E-state index is 14.7. The Morgan fingerprint density at radius 3 is 2.54 bits per heavy atom. The van der Waals surface area contributed by atoms with Gasteiger partial charge in [0.25, 0.3) is 0 Å². The summed E-state index contributed by atoms with van der Waals surface area (Å²) in [6.07, 6.45) is 6.32. The lowest BCUT2D eigenvalue weighted by atomic mass is 10.1. The molecule has 182 valence electrons. The highest BCUT2D eigenvalue weighted by atomic mass is 35.5. The molecule has 0 unspecified atom stereocenters. The number of piperidine rings is 1. The highest BCUT2D eigenvalue weighted by molar-refractivity contribution is 8.00. The lowest BCUT2D eigenvalue weighted by Gasteiger charge is -2.28. The molecule has 0 radical (unpaired) electrons. The average Bonchev–Trinajstić information content (AvgIpc) is 3.28. The van der Waals surface area contributed by atoms with Gasteiger partial charge in [-0.2, -0.15) is 0 Å². The standard InChI is InChI=1S/C27H26Cl2FN3OS/c28-21-9-10-24(27-26(21)22(29)17-31-27)32-35-25-11-8-20(16-23(25)30)34-15-12-18-4-6-19(7-5-18)33-13-2-1-3-14-33/h4-11,16-17,31-32H,1-3,12-15H2. The topological polar surface area (TPSA) is 40.3 Å². The maximum atomic E-state index is 14.7. The molecule has 2 N–H and O–H groups in total. The molecule has 0 aliphatic carbocycles. The molecule has 1 saturated heterocycles. The van der Waals surface area contributed by atoms with Gasteiger partial charge in [-0.05, 0) is 73.2 Å². The molecule has 35 heavy (non-hydrogen) atoms. The second-order valence-corrected chi connectivity index (χ2v) is 10.3. The van der Waals surface area contributed by atoms with Crippen LogP contribution in [0.2, 0.25) is 10.0 Å². The number of aromatic nitrogens is 1. The Bertz CT molecular complexity index is 1310. The Morgan fingerprint density at radius 1 is 0.971 bits per heavy atom. The Labute approximate surface area is 218 Å². The molecule has 0 bridgehead atoms. The minimum absolute atomic E-state index is 0.347. The number of anilines is 2. The van der Waals surface area contributed by atoms with Gasteiger partial charge in [-0.15, -0.1) is 0 Å². The average molecular weight is 530 g/mol. The molecule has 0 atom stereocenters. The van der Waals surface area contributed by atoms with Crippen LogP contribution < -0.4 is 14.4 Å². The number of nitrogens with one attached hydrogen (secondary N) is 2. The Hall–Kier alpha value is -2.54. The summed E-state index contributed by atoms with van der Waals surface area (Å²) in [5.41, 5.74) is 4.05. The van der Waals surface area contributed by atoms with Crippen LogP contribution >= 0.6 is 35.1 Å². The maximum Gasteiger partial charge on any atom is 0.142 e. The third-order valence-electron chi connectivity index (χ3n) is 6.23. The number of aromatic amines is 1. The predicted octanol–water partition coefficient (Wildman–Crippen LogP) is 8.34. The van der Waals surface area contributed by atoms with E-state index in [0.717, 1.165) is 36.1 Å². The van der Waals surface area contributed by atoms with Gasteiger partial charge < -0.3 is 19.3 Å². The second-order valence-electron chi connectivity index (χ2n) is 8.59. The zero-order valence-corrected chi connectivity index (χ0v) is 21.4. The summed E-state index contributed by atoms with van der Waals surface area (Å²) in [4.78, 5) is 6.02. The van der Waals surface area contributed by atoms with E-state index < -0.39 is 0 Å². The van der Waals surface area contributed by atoms with E-state index in [-0.39, 0.29) is 5.82 Å². The monoisotopic (exact) mass is 529 g/mol. The normalized spacial score (nSPS) is 13.9. The van der Waals surface area contributed by atoms with Gasteiger partial charge in [0.05, 0.1) is 32.8 Å². The number of hydrogen-bond donors (Lipinski definition) is 2. The first-order valence-corrected chi connectivity index (χ1v) is 13.3. The van der Waals surface area contributed by atoms with Gasteiger partial charge in [0, 0.05) is 42.8 Å². The summed E-state index contributed by atoms with van der Waals surface area (Å²) in [5, 5.41) is 1.85. The van der Waals surface area contributed by atoms with Crippen LogP contribution in [0.25, 0.3) is 10.9 Å². The lowest BCUT2D eigenvalue weighted by molar-refractivity contribution is 0.319. The lowest BCUT2D eigenvalue weighted by Crippen LogP contribution is -2.29. The van der Waals surface area contributed by atoms with Crippen molar-refractivity contribution in [1.82, 2.24) is 4.98 Å². The Kier molecular flexibility index (Phi) is 7.61. The van der Waals surface area contributed by atoms with Gasteiger partial charge in [0.2, 0.25) is 0 Å². The minimum atomic E-state index is -0.347. The van der Waals surface area contributed by atoms with Crippen molar-refractivity contribution in [1.29, 1.82) is 0 Å². The van der Waals surface area contributed by atoms with Crippen molar-refractivity contribution in [2.24, 2.45) is 0 Å². The number of ether oxygens (including phenoxy) is 1. The summed E-state index contributed by atoms with van der Waals surface area (Å²) in [6, 6.07) is 17.2. The molecule has 3 aromatic carbocycles. The minimum Gasteiger partial charge on any atom is -0.493 e. The molecule has 0 saturated carbocycles. The van der Waals surface area contributed by atoms with Crippen LogP contribution in [0.1, 0.15) is 24.8 Å². The molecule has 5 rings (SSSR count). The SMILES string of the molecule is Fc1cc(OCCc2ccc(N3CCCCC3)cc2)ccc1SNc1ccc(Cl)c2c(Cl)c[nH]c12. The van der Waals surface area contributed by atoms with E-state index in [1.54, 1.807) is 24.4 Å². The van der Waals surface area contributed by atoms with Crippen LogP contribution in [0.3, 0.4) is 0 Å². The molecule has 0 amide bonds. The van der Waals surface area contributed by atoms with E-state index >= 15 is 0 Å². The number of halogens is 3. The van der Waals surface area contributed by atoms with E-state index in [0.29, 0.717) is 27.3 Å². The zero-order valence-electron chi connectivity index (χ0n) is 19.1. The second kappa shape index (κ2) is 11.0. The summed E-state index contributed by atoms with van der Waals surface area (Å²) in [5.74, 6) is 0.169. The van der Waals surface area contributed by atoms with Gasteiger partial charge >= 0.3 is 0 Å². The number of hydrogen-bond acceptors (Lipinski definition) is 4. The van der Waals surface area contributed by atoms with Gasteiger partial charge in [0.1, 0.15) is 11.6 Å². The molecule has 0 spiro atoms. The molecule has 4 aromatic rings. The van der Waals surface area contributed by atoms with E-state index in [1.165, 1.54) is 48.5 Å². The van der Waals surface area contributed by atoms with E-state index in [9.17, 15) is 4.39 Å². The quantitative estimate of drug-likeness (QED) is 0.225. The molecule has 1 aliphatic rings. The smallest absolute Gasteiger partial charge is 0.142 e. The van der Waals surface area contributed by atoms with Crippen LogP contribution in [0.5, 0.6) is 5.75 Å². The fourth-order valence-electron chi connectivity index (χ4n) is 4.33. The number of benzene rings is 3. The highest BCUT2D eigenvalue weighted by Gasteiger charge is 2.13. The number of nitrogens with zero attached hydrogens (tertiary/aromatic N) is 1. The third kappa shape index (κ3) is 5.66. The summed E-state index contributed by atoms with van der Waals surface area (Å²) in [6.45, 7) is 2.77. The van der Waals surface area contributed by atoms with Crippen molar-refractivity contribution in [2.75, 3.05) is 29.3 Å². The van der Waals surface area contributed by atoms with E-state index in [1.807, 2.05) is 6.07 Å². The number of H-pyrrole nitrogens is 1. The van der Waals surface area contributed by atoms with Crippen molar-refractivity contribution in [3.8, 4) is 5.75 Å². The summed E-state index contributed by atoms with van der Waals surface area (Å²) >= 11 is 13.6. The van der Waals surface area contributed by atoms with Crippen molar-refractivity contribution < 1.29 is 9.13 Å². The fraction of sp³-hybridized carbons (Fsp3) is 0.259. The molecule has 4 nitrogen and oxygen atoms in total. The predicted molar refractivity (Wildman–Crippen MR) is 146 cm³/mol. The molecule has 1 aromatic heterocycles. The first-order chi connectivity index (χ1) is 17.1. The number of rotatable bonds is 8. The molecule has 1 fully saturated rings. The van der Waals surface area contributed by atoms with Gasteiger partial charge in [-0.25, -0.2) is 4.39 Å². The Morgan fingerprint density at radius 2 is 1.77 bits per heavy atom. The van der Waals surface area contributed by atoms with Crippen LogP contribution in [-0.2, 0) is 6.42 Å². The molecular weight excluding hydrogens is 504 g/mol. The van der Waals surface area contributed by atoms with E-state index in [2.05, 4.69) is 38.9 Å². The van der Waals surface area contributed by atoms with Gasteiger partial charge in [-0.3, -0.25) is 0 Å². The first kappa shape index (κ1) is 24.2. The highest BCUT2D eigenvalue weighted by Crippen LogP contribution is 2.36. The molecule has 8 heteroatoms. The van der Waals surface area contributed by atoms with Crippen LogP contribution in [0, 0.1) is 5.82 Å². The Balaban J connectivity index is 1.14. The molecule has 2 heterocycles. The van der Waals surface area contributed by atoms with Crippen molar-refractivity contribution in [3.63, 3.8) is 0 Å². The van der Waals surface area contributed by atoms with Crippen LogP contribution in [0.15, 0.2) is 65.7 Å². The zero-order chi connectivity index (χ0) is 24.2. The largest absolute Gasteiger partial charge is 0.493 e. The van der Waals surface area contributed by atoms with E-state index in [4.69, 9.17) is 27.9 Å². The van der Waals surface area contributed by atoms with Gasteiger partial charge in [-0.1, -0.05) is 35.3 Å². The molecule has 1 aliphatic heterocycles. The van der Waals surface area contributed by atoms with Crippen LogP contribution in [0.4, 0.5) is 15.8 Å². The summed E-state index contributed by atoms with van der Waals surface area (Å²) < 4.78 is 23.7. The van der Waals surface area contributed by atoms with Crippen molar-refractivity contribution in [2.45, 2.75) is 30.6 Å². The van der Waals surface area contributed by atoms with Crippen LogP contribution in [-0.4, -0.2) is 24.7 Å². The fourth-order valence-corrected chi connectivity index (χ4v) is 5.57. The van der Waals surface area contributed by atoms with Crippen molar-refractivity contribution >= 4 is 57.4 Å². The number of fused-ring (bicyclic) bond motifs is 1.